The molecule has 1 aliphatic carbocycles. The van der Waals surface area contributed by atoms with Gasteiger partial charge < -0.3 is 10.5 Å². The van der Waals surface area contributed by atoms with Crippen molar-refractivity contribution in [1.82, 2.24) is 4.90 Å². The quantitative estimate of drug-likeness (QED) is 0.864. The molecule has 0 unspecified atom stereocenters. The Bertz CT molecular complexity index is 314. The second-order valence-corrected chi connectivity index (χ2v) is 8.71. The summed E-state index contributed by atoms with van der Waals surface area (Å²) in [7, 11) is 1.84. The molecule has 118 valence electrons. The number of hydrogen-bond donors (Lipinski definition) is 1. The molecule has 2 aliphatic rings. The summed E-state index contributed by atoms with van der Waals surface area (Å²) < 4.78 is 5.52. The fourth-order valence-electron chi connectivity index (χ4n) is 5.33. The minimum Gasteiger partial charge on any atom is -0.381 e. The van der Waals surface area contributed by atoms with E-state index in [4.69, 9.17) is 10.5 Å². The van der Waals surface area contributed by atoms with E-state index < -0.39 is 0 Å². The zero-order valence-corrected chi connectivity index (χ0v) is 14.2. The van der Waals surface area contributed by atoms with Gasteiger partial charge in [-0.1, -0.05) is 27.7 Å². The van der Waals surface area contributed by atoms with Crippen LogP contribution in [0.25, 0.3) is 0 Å². The molecule has 1 aliphatic heterocycles. The van der Waals surface area contributed by atoms with Crippen molar-refractivity contribution in [2.75, 3.05) is 26.7 Å². The van der Waals surface area contributed by atoms with E-state index in [1.165, 1.54) is 19.3 Å². The van der Waals surface area contributed by atoms with Gasteiger partial charge >= 0.3 is 0 Å². The lowest BCUT2D eigenvalue weighted by Gasteiger charge is -2.57. The van der Waals surface area contributed by atoms with E-state index in [-0.39, 0.29) is 5.54 Å². The van der Waals surface area contributed by atoms with E-state index in [1.54, 1.807) is 0 Å². The van der Waals surface area contributed by atoms with Crippen molar-refractivity contribution in [2.45, 2.75) is 71.4 Å². The summed E-state index contributed by atoms with van der Waals surface area (Å²) in [5.74, 6) is 0. The second-order valence-electron chi connectivity index (χ2n) is 8.71. The van der Waals surface area contributed by atoms with Crippen LogP contribution in [-0.2, 0) is 4.74 Å². The van der Waals surface area contributed by atoms with Crippen LogP contribution < -0.4 is 5.73 Å². The van der Waals surface area contributed by atoms with E-state index in [0.717, 1.165) is 32.5 Å². The van der Waals surface area contributed by atoms with Crippen molar-refractivity contribution in [3.05, 3.63) is 0 Å². The molecule has 0 aromatic heterocycles. The Labute approximate surface area is 125 Å². The number of hydrogen-bond acceptors (Lipinski definition) is 3. The Balaban J connectivity index is 2.16. The lowest BCUT2D eigenvalue weighted by molar-refractivity contribution is -0.0695. The molecule has 3 nitrogen and oxygen atoms in total. The number of nitrogens with two attached hydrogens (primary N) is 1. The largest absolute Gasteiger partial charge is 0.381 e. The van der Waals surface area contributed by atoms with Gasteiger partial charge in [0.05, 0.1) is 6.10 Å². The van der Waals surface area contributed by atoms with E-state index in [1.807, 2.05) is 7.11 Å². The molecule has 1 saturated carbocycles. The Hall–Kier alpha value is -0.120. The lowest BCUT2D eigenvalue weighted by atomic mass is 9.57. The summed E-state index contributed by atoms with van der Waals surface area (Å²) in [5, 5.41) is 0. The Kier molecular flexibility index (Phi) is 4.54. The van der Waals surface area contributed by atoms with Crippen LogP contribution in [0.3, 0.4) is 0 Å². The summed E-state index contributed by atoms with van der Waals surface area (Å²) in [6, 6.07) is 0. The summed E-state index contributed by atoms with van der Waals surface area (Å²) in [4.78, 5) is 2.69. The first-order valence-corrected chi connectivity index (χ1v) is 8.20. The normalized spacial score (nSPS) is 30.3. The van der Waals surface area contributed by atoms with Crippen LogP contribution in [0.4, 0.5) is 0 Å². The van der Waals surface area contributed by atoms with Gasteiger partial charge in [0.2, 0.25) is 0 Å². The minimum absolute atomic E-state index is 0.198. The zero-order valence-electron chi connectivity index (χ0n) is 14.2. The van der Waals surface area contributed by atoms with Gasteiger partial charge in [-0.05, 0) is 42.9 Å². The van der Waals surface area contributed by atoms with Crippen LogP contribution in [0, 0.1) is 10.8 Å². The number of likely N-dealkylation sites (tertiary alicyclic amines) is 1. The van der Waals surface area contributed by atoms with Gasteiger partial charge in [-0.2, -0.15) is 0 Å². The van der Waals surface area contributed by atoms with E-state index in [0.29, 0.717) is 16.9 Å². The maximum Gasteiger partial charge on any atom is 0.0595 e. The average Bonchev–Trinajstić information content (AvgIpc) is 2.35. The molecule has 0 aromatic rings. The van der Waals surface area contributed by atoms with Crippen LogP contribution in [0.1, 0.15) is 59.8 Å². The van der Waals surface area contributed by atoms with E-state index in [9.17, 15) is 0 Å². The van der Waals surface area contributed by atoms with Gasteiger partial charge in [-0.3, -0.25) is 4.90 Å². The lowest BCUT2D eigenvalue weighted by Crippen LogP contribution is -2.62. The summed E-state index contributed by atoms with van der Waals surface area (Å²) in [6.07, 6.45) is 6.52. The standard InChI is InChI=1S/C17H34N2O/c1-15(2)10-16(3,4)12-17(11-15,13-18)19-8-6-14(20-5)7-9-19/h14H,6-13,18H2,1-5H3. The molecule has 0 spiro atoms. The van der Waals surface area contributed by atoms with Crippen molar-refractivity contribution < 1.29 is 4.74 Å². The Morgan fingerprint density at radius 2 is 1.50 bits per heavy atom. The predicted octanol–water partition coefficient (Wildman–Crippen LogP) is 3.03. The smallest absolute Gasteiger partial charge is 0.0595 e. The fourth-order valence-corrected chi connectivity index (χ4v) is 5.33. The molecule has 0 bridgehead atoms. The highest BCUT2D eigenvalue weighted by molar-refractivity contribution is 5.05. The molecule has 0 radical (unpaired) electrons. The van der Waals surface area contributed by atoms with Gasteiger partial charge in [0.15, 0.2) is 0 Å². The molecule has 2 N–H and O–H groups in total. The first-order chi connectivity index (χ1) is 9.22. The third-order valence-corrected chi connectivity index (χ3v) is 5.40. The molecule has 3 heteroatoms. The van der Waals surface area contributed by atoms with Gasteiger partial charge in [0, 0.05) is 32.3 Å². The third-order valence-electron chi connectivity index (χ3n) is 5.40. The number of rotatable bonds is 3. The fraction of sp³-hybridized carbons (Fsp3) is 1.00. The van der Waals surface area contributed by atoms with Gasteiger partial charge in [-0.25, -0.2) is 0 Å². The highest BCUT2D eigenvalue weighted by Gasteiger charge is 2.49. The SMILES string of the molecule is COC1CCN(C2(CN)CC(C)(C)CC(C)(C)C2)CC1. The summed E-state index contributed by atoms with van der Waals surface area (Å²) >= 11 is 0. The molecule has 0 amide bonds. The van der Waals surface area contributed by atoms with Crippen molar-refractivity contribution in [3.8, 4) is 0 Å². The first kappa shape index (κ1) is 16.3. The zero-order chi connectivity index (χ0) is 15.0. The van der Waals surface area contributed by atoms with Crippen LogP contribution in [-0.4, -0.2) is 43.3 Å². The van der Waals surface area contributed by atoms with Crippen LogP contribution in [0.2, 0.25) is 0 Å². The highest BCUT2D eigenvalue weighted by Crippen LogP contribution is 2.52. The molecule has 0 aromatic carbocycles. The molecule has 20 heavy (non-hydrogen) atoms. The van der Waals surface area contributed by atoms with Crippen molar-refractivity contribution in [1.29, 1.82) is 0 Å². The molecule has 1 heterocycles. The Morgan fingerprint density at radius 1 is 1.00 bits per heavy atom. The molecular weight excluding hydrogens is 248 g/mol. The predicted molar refractivity (Wildman–Crippen MR) is 84.8 cm³/mol. The van der Waals surface area contributed by atoms with Crippen LogP contribution in [0.15, 0.2) is 0 Å². The highest BCUT2D eigenvalue weighted by atomic mass is 16.5. The topological polar surface area (TPSA) is 38.5 Å². The van der Waals surface area contributed by atoms with Crippen molar-refractivity contribution >= 4 is 0 Å². The van der Waals surface area contributed by atoms with E-state index >= 15 is 0 Å². The minimum atomic E-state index is 0.198. The molecular formula is C17H34N2O. The summed E-state index contributed by atoms with van der Waals surface area (Å²) in [5.41, 5.74) is 7.28. The first-order valence-electron chi connectivity index (χ1n) is 8.20. The number of ether oxygens (including phenoxy) is 1. The maximum atomic E-state index is 6.31. The van der Waals surface area contributed by atoms with Crippen LogP contribution in [0.5, 0.6) is 0 Å². The molecule has 0 atom stereocenters. The van der Waals surface area contributed by atoms with Gasteiger partial charge in [-0.15, -0.1) is 0 Å². The third kappa shape index (κ3) is 3.37. The average molecular weight is 282 g/mol. The molecule has 2 rings (SSSR count). The maximum absolute atomic E-state index is 6.31. The molecule has 1 saturated heterocycles. The number of piperidine rings is 1. The number of nitrogens with zero attached hydrogens (tertiary/aromatic N) is 1. The second kappa shape index (κ2) is 5.58. The summed E-state index contributed by atoms with van der Waals surface area (Å²) in [6.45, 7) is 12.7. The monoisotopic (exact) mass is 282 g/mol. The van der Waals surface area contributed by atoms with Gasteiger partial charge in [0.25, 0.3) is 0 Å². The Morgan fingerprint density at radius 3 is 1.90 bits per heavy atom. The van der Waals surface area contributed by atoms with E-state index in [2.05, 4.69) is 32.6 Å². The number of methoxy groups -OCH3 is 1. The molecule has 2 fully saturated rings. The van der Waals surface area contributed by atoms with Crippen LogP contribution >= 0.6 is 0 Å². The van der Waals surface area contributed by atoms with Crippen molar-refractivity contribution in [2.24, 2.45) is 16.6 Å². The van der Waals surface area contributed by atoms with Gasteiger partial charge in [0.1, 0.15) is 0 Å². The van der Waals surface area contributed by atoms with Crippen molar-refractivity contribution in [3.63, 3.8) is 0 Å².